The molecule has 1 aromatic heterocycles. The van der Waals surface area contributed by atoms with Crippen molar-refractivity contribution in [3.05, 3.63) is 64.5 Å². The van der Waals surface area contributed by atoms with Gasteiger partial charge in [-0.25, -0.2) is 0 Å². The number of hydrogen-bond donors (Lipinski definition) is 0. The van der Waals surface area contributed by atoms with E-state index in [4.69, 9.17) is 9.15 Å². The van der Waals surface area contributed by atoms with Crippen molar-refractivity contribution >= 4 is 16.9 Å². The normalized spacial score (nSPS) is 15.0. The molecule has 4 heteroatoms. The summed E-state index contributed by atoms with van der Waals surface area (Å²) >= 11 is 0. The predicted octanol–water partition coefficient (Wildman–Crippen LogP) is 5.25. The van der Waals surface area contributed by atoms with Crippen LogP contribution in [-0.2, 0) is 4.79 Å². The molecule has 1 fully saturated rings. The zero-order valence-corrected chi connectivity index (χ0v) is 15.4. The monoisotopic (exact) mass is 362 g/mol. The van der Waals surface area contributed by atoms with Crippen LogP contribution in [0, 0.1) is 12.8 Å². The maximum absolute atomic E-state index is 13.0. The molecule has 3 aromatic rings. The molecule has 0 atom stereocenters. The second-order valence-electron chi connectivity index (χ2n) is 7.14. The van der Waals surface area contributed by atoms with Gasteiger partial charge in [-0.3, -0.25) is 9.59 Å². The highest BCUT2D eigenvalue weighted by atomic mass is 16.5. The minimum Gasteiger partial charge on any atom is -0.460 e. The van der Waals surface area contributed by atoms with Crippen LogP contribution < -0.4 is 10.2 Å². The van der Waals surface area contributed by atoms with E-state index in [0.717, 1.165) is 31.2 Å². The lowest BCUT2D eigenvalue weighted by Crippen LogP contribution is -2.22. The minimum absolute atomic E-state index is 0.0244. The summed E-state index contributed by atoms with van der Waals surface area (Å²) in [5.41, 5.74) is 1.75. The molecule has 1 saturated carbocycles. The third-order valence-electron chi connectivity index (χ3n) is 5.26. The van der Waals surface area contributed by atoms with Crippen molar-refractivity contribution in [2.24, 2.45) is 5.92 Å². The zero-order valence-electron chi connectivity index (χ0n) is 15.4. The zero-order chi connectivity index (χ0) is 18.8. The second kappa shape index (κ2) is 7.39. The van der Waals surface area contributed by atoms with Crippen LogP contribution in [0.15, 0.2) is 57.7 Å². The lowest BCUT2D eigenvalue weighted by molar-refractivity contribution is -0.139. The quantitative estimate of drug-likeness (QED) is 0.471. The highest BCUT2D eigenvalue weighted by Gasteiger charge is 2.23. The van der Waals surface area contributed by atoms with Crippen LogP contribution in [0.5, 0.6) is 5.75 Å². The van der Waals surface area contributed by atoms with Crippen LogP contribution in [0.2, 0.25) is 0 Å². The van der Waals surface area contributed by atoms with Crippen LogP contribution in [-0.4, -0.2) is 5.97 Å². The number of aryl methyl sites for hydroxylation is 1. The molecule has 138 valence electrons. The van der Waals surface area contributed by atoms with Crippen LogP contribution in [0.1, 0.15) is 37.9 Å². The molecule has 1 heterocycles. The van der Waals surface area contributed by atoms with E-state index >= 15 is 0 Å². The van der Waals surface area contributed by atoms with E-state index in [2.05, 4.69) is 0 Å². The van der Waals surface area contributed by atoms with Gasteiger partial charge in [0.05, 0.1) is 16.9 Å². The van der Waals surface area contributed by atoms with Gasteiger partial charge in [0.15, 0.2) is 0 Å². The predicted molar refractivity (Wildman–Crippen MR) is 105 cm³/mol. The molecular formula is C23H22O4. The highest BCUT2D eigenvalue weighted by Crippen LogP contribution is 2.28. The number of benzene rings is 2. The van der Waals surface area contributed by atoms with Crippen LogP contribution in [0.25, 0.3) is 22.1 Å². The smallest absolute Gasteiger partial charge is 0.314 e. The van der Waals surface area contributed by atoms with Crippen molar-refractivity contribution in [2.45, 2.75) is 39.0 Å². The summed E-state index contributed by atoms with van der Waals surface area (Å²) in [6, 6.07) is 14.5. The average Bonchev–Trinajstić information content (AvgIpc) is 2.69. The number of fused-ring (bicyclic) bond motifs is 1. The fourth-order valence-electron chi connectivity index (χ4n) is 3.83. The van der Waals surface area contributed by atoms with Gasteiger partial charge in [0.2, 0.25) is 5.43 Å². The second-order valence-corrected chi connectivity index (χ2v) is 7.14. The van der Waals surface area contributed by atoms with Gasteiger partial charge in [0, 0.05) is 6.07 Å². The lowest BCUT2D eigenvalue weighted by atomic mass is 9.89. The third-order valence-corrected chi connectivity index (χ3v) is 5.26. The van der Waals surface area contributed by atoms with Crippen LogP contribution in [0.4, 0.5) is 0 Å². The summed E-state index contributed by atoms with van der Waals surface area (Å²) in [6.45, 7) is 1.78. The molecule has 0 amide bonds. The molecule has 0 bridgehead atoms. The van der Waals surface area contributed by atoms with E-state index in [1.807, 2.05) is 30.3 Å². The average molecular weight is 362 g/mol. The van der Waals surface area contributed by atoms with Crippen molar-refractivity contribution in [1.29, 1.82) is 0 Å². The fourth-order valence-corrected chi connectivity index (χ4v) is 3.83. The summed E-state index contributed by atoms with van der Waals surface area (Å²) in [6.07, 6.45) is 5.12. The van der Waals surface area contributed by atoms with Crippen molar-refractivity contribution in [3.63, 3.8) is 0 Å². The number of esters is 1. The minimum atomic E-state index is -0.186. The third kappa shape index (κ3) is 3.52. The largest absolute Gasteiger partial charge is 0.460 e. The maximum atomic E-state index is 13.0. The van der Waals surface area contributed by atoms with Crippen molar-refractivity contribution < 1.29 is 13.9 Å². The Morgan fingerprint density at radius 2 is 1.78 bits per heavy atom. The van der Waals surface area contributed by atoms with Gasteiger partial charge in [-0.1, -0.05) is 49.6 Å². The number of rotatable bonds is 3. The molecule has 2 aromatic carbocycles. The molecule has 0 radical (unpaired) electrons. The summed E-state index contributed by atoms with van der Waals surface area (Å²) in [7, 11) is 0. The number of carbonyl (C=O) groups is 1. The molecule has 0 saturated heterocycles. The van der Waals surface area contributed by atoms with E-state index in [-0.39, 0.29) is 17.3 Å². The van der Waals surface area contributed by atoms with Crippen LogP contribution >= 0.6 is 0 Å². The number of carbonyl (C=O) groups excluding carboxylic acids is 1. The van der Waals surface area contributed by atoms with Gasteiger partial charge in [-0.05, 0) is 37.5 Å². The standard InChI is InChI=1S/C23H22O4/c1-15-21(16-8-4-2-5-9-16)22(24)19-13-12-18(14-20(19)26-15)27-23(25)17-10-6-3-7-11-17/h2,4-5,8-9,12-14,17H,3,6-7,10-11H2,1H3. The van der Waals surface area contributed by atoms with Gasteiger partial charge in [0.1, 0.15) is 17.1 Å². The summed E-state index contributed by atoms with van der Waals surface area (Å²) in [4.78, 5) is 25.3. The summed E-state index contributed by atoms with van der Waals surface area (Å²) < 4.78 is 11.5. The molecule has 4 nitrogen and oxygen atoms in total. The first-order chi connectivity index (χ1) is 13.1. The molecule has 1 aliphatic rings. The van der Waals surface area contributed by atoms with Crippen molar-refractivity contribution in [2.75, 3.05) is 0 Å². The number of hydrogen-bond acceptors (Lipinski definition) is 4. The van der Waals surface area contributed by atoms with Gasteiger partial charge < -0.3 is 9.15 Å². The Bertz CT molecular complexity index is 1030. The van der Waals surface area contributed by atoms with Gasteiger partial charge in [-0.2, -0.15) is 0 Å². The Hall–Kier alpha value is -2.88. The van der Waals surface area contributed by atoms with Crippen LogP contribution in [0.3, 0.4) is 0 Å². The Labute approximate surface area is 157 Å². The van der Waals surface area contributed by atoms with E-state index in [1.165, 1.54) is 6.42 Å². The van der Waals surface area contributed by atoms with E-state index < -0.39 is 0 Å². The molecule has 4 rings (SSSR count). The lowest BCUT2D eigenvalue weighted by Gasteiger charge is -2.19. The molecule has 0 aliphatic heterocycles. The Morgan fingerprint density at radius 1 is 1.04 bits per heavy atom. The molecule has 0 N–H and O–H groups in total. The highest BCUT2D eigenvalue weighted by molar-refractivity contribution is 5.84. The van der Waals surface area contributed by atoms with Gasteiger partial charge in [0.25, 0.3) is 0 Å². The van der Waals surface area contributed by atoms with Gasteiger partial charge in [-0.15, -0.1) is 0 Å². The molecule has 0 unspecified atom stereocenters. The maximum Gasteiger partial charge on any atom is 0.314 e. The van der Waals surface area contributed by atoms with Crippen molar-refractivity contribution in [1.82, 2.24) is 0 Å². The first-order valence-corrected chi connectivity index (χ1v) is 9.48. The SMILES string of the molecule is Cc1oc2cc(OC(=O)C3CCCCC3)ccc2c(=O)c1-c1ccccc1. The van der Waals surface area contributed by atoms with E-state index in [9.17, 15) is 9.59 Å². The molecule has 27 heavy (non-hydrogen) atoms. The van der Waals surface area contributed by atoms with Crippen molar-refractivity contribution in [3.8, 4) is 16.9 Å². The number of ether oxygens (including phenoxy) is 1. The fraction of sp³-hybridized carbons (Fsp3) is 0.304. The summed E-state index contributed by atoms with van der Waals surface area (Å²) in [5, 5.41) is 0.483. The molecule has 1 aliphatic carbocycles. The first-order valence-electron chi connectivity index (χ1n) is 9.48. The Balaban J connectivity index is 1.67. The Kier molecular flexibility index (Phi) is 4.80. The Morgan fingerprint density at radius 3 is 2.52 bits per heavy atom. The van der Waals surface area contributed by atoms with E-state index in [0.29, 0.717) is 28.0 Å². The topological polar surface area (TPSA) is 56.5 Å². The first kappa shape index (κ1) is 17.5. The summed E-state index contributed by atoms with van der Waals surface area (Å²) in [5.74, 6) is 0.764. The molecular weight excluding hydrogens is 340 g/mol. The molecule has 0 spiro atoms. The van der Waals surface area contributed by atoms with E-state index in [1.54, 1.807) is 25.1 Å². The van der Waals surface area contributed by atoms with Gasteiger partial charge >= 0.3 is 5.97 Å².